The lowest BCUT2D eigenvalue weighted by atomic mass is 9.44. The molecule has 4 saturated carbocycles. The lowest BCUT2D eigenvalue weighted by Crippen LogP contribution is -2.57. The largest absolute Gasteiger partial charge is 0.463 e. The highest BCUT2D eigenvalue weighted by molar-refractivity contribution is 5.67. The van der Waals surface area contributed by atoms with Crippen LogP contribution in [0.5, 0.6) is 0 Å². The number of carbonyl (C=O) groups excluding carboxylic acids is 2. The van der Waals surface area contributed by atoms with Gasteiger partial charge in [-0.15, -0.1) is 0 Å². The molecule has 6 nitrogen and oxygen atoms in total. The van der Waals surface area contributed by atoms with Gasteiger partial charge in [0, 0.05) is 19.3 Å². The van der Waals surface area contributed by atoms with Crippen LogP contribution in [0.1, 0.15) is 133 Å². The minimum atomic E-state index is -0.837. The molecule has 4 rings (SSSR count). The summed E-state index contributed by atoms with van der Waals surface area (Å²) in [5.74, 6) is 8.76. The molecule has 0 N–H and O–H groups in total. The molecule has 4 fully saturated rings. The zero-order valence-electron chi connectivity index (χ0n) is 26.6. The van der Waals surface area contributed by atoms with Crippen molar-refractivity contribution >= 4 is 11.9 Å². The lowest BCUT2D eigenvalue weighted by molar-refractivity contribution is -0.389. The van der Waals surface area contributed by atoms with Gasteiger partial charge in [-0.05, 0) is 121 Å². The Morgan fingerprint density at radius 3 is 2.23 bits per heavy atom. The van der Waals surface area contributed by atoms with Gasteiger partial charge in [0.1, 0.15) is 6.10 Å². The molecule has 0 spiro atoms. The average Bonchev–Trinajstić information content (AvgIpc) is 3.13. The van der Waals surface area contributed by atoms with Crippen molar-refractivity contribution in [3.8, 4) is 11.8 Å². The maximum absolute atomic E-state index is 12.5. The predicted octanol–water partition coefficient (Wildman–Crippen LogP) is 7.57. The second-order valence-corrected chi connectivity index (χ2v) is 15.0. The second-order valence-electron chi connectivity index (χ2n) is 15.0. The first-order chi connectivity index (χ1) is 18.6. The van der Waals surface area contributed by atoms with Crippen molar-refractivity contribution in [2.24, 2.45) is 34.5 Å². The lowest BCUT2D eigenvalue weighted by Gasteiger charge is -2.61. The van der Waals surface area contributed by atoms with Crippen LogP contribution in [0.4, 0.5) is 0 Å². The van der Waals surface area contributed by atoms with Crippen molar-refractivity contribution in [2.45, 2.75) is 156 Å². The van der Waals surface area contributed by atoms with Crippen LogP contribution in [0.15, 0.2) is 0 Å². The Hall–Kier alpha value is -1.58. The molecule has 0 amide bonds. The molecule has 0 aromatic carbocycles. The first kappa shape index (κ1) is 31.4. The van der Waals surface area contributed by atoms with Gasteiger partial charge in [-0.25, -0.2) is 9.78 Å². The summed E-state index contributed by atoms with van der Waals surface area (Å²) in [5.41, 5.74) is -1.98. The molecule has 0 unspecified atom stereocenters. The fourth-order valence-electron chi connectivity index (χ4n) is 9.34. The van der Waals surface area contributed by atoms with Gasteiger partial charge in [-0.1, -0.05) is 39.0 Å². The molecular weight excluding hydrogens is 504 g/mol. The van der Waals surface area contributed by atoms with E-state index in [1.54, 1.807) is 0 Å². The fourth-order valence-corrected chi connectivity index (χ4v) is 9.34. The van der Waals surface area contributed by atoms with Gasteiger partial charge in [0.25, 0.3) is 0 Å². The number of ether oxygens (including phenoxy) is 2. The number of fused-ring (bicyclic) bond motifs is 5. The second kappa shape index (κ2) is 11.3. The fraction of sp³-hybridized carbons (Fsp3) is 0.882. The number of hydrogen-bond acceptors (Lipinski definition) is 6. The highest BCUT2D eigenvalue weighted by Gasteiger charge is 2.66. The van der Waals surface area contributed by atoms with E-state index in [1.807, 2.05) is 27.7 Å². The van der Waals surface area contributed by atoms with Crippen LogP contribution in [0.2, 0.25) is 0 Å². The van der Waals surface area contributed by atoms with Gasteiger partial charge < -0.3 is 9.47 Å². The summed E-state index contributed by atoms with van der Waals surface area (Å²) in [7, 11) is 0. The maximum atomic E-state index is 12.5. The molecule has 0 saturated heterocycles. The molecule has 4 aliphatic carbocycles. The van der Waals surface area contributed by atoms with Crippen LogP contribution in [-0.2, 0) is 28.8 Å². The van der Waals surface area contributed by atoms with Crippen molar-refractivity contribution in [1.29, 1.82) is 0 Å². The first-order valence-electron chi connectivity index (χ1n) is 15.8. The van der Waals surface area contributed by atoms with Crippen molar-refractivity contribution in [2.75, 3.05) is 0 Å². The summed E-state index contributed by atoms with van der Waals surface area (Å²) in [6.45, 7) is 17.9. The van der Waals surface area contributed by atoms with E-state index in [9.17, 15) is 9.59 Å². The van der Waals surface area contributed by atoms with Crippen LogP contribution >= 0.6 is 0 Å². The molecule has 0 aliphatic heterocycles. The zero-order chi connectivity index (χ0) is 29.6. The molecule has 8 atom stereocenters. The monoisotopic (exact) mass is 558 g/mol. The third-order valence-electron chi connectivity index (χ3n) is 11.3. The van der Waals surface area contributed by atoms with Gasteiger partial charge in [-0.3, -0.25) is 9.59 Å². The highest BCUT2D eigenvalue weighted by Crippen LogP contribution is 2.69. The topological polar surface area (TPSA) is 71.1 Å². The van der Waals surface area contributed by atoms with Crippen LogP contribution in [-0.4, -0.2) is 34.8 Å². The van der Waals surface area contributed by atoms with E-state index in [0.717, 1.165) is 57.8 Å². The van der Waals surface area contributed by atoms with E-state index in [2.05, 4.69) is 32.6 Å². The number of carbonyl (C=O) groups is 2. The standard InChI is InChI=1S/C34H54O6/c1-10-16-30(4,5)39-40-31(6,7)20-21-34(38-24(3)36)19-15-29-27-12-11-25-22-26(37-23(2)35)13-17-32(25,8)28(27)14-18-33(29,34)9/h25-29H,10-19,22H2,1-9H3/t25-,26-,27+,28-,29-,32-,33-,34+/m0/s1. The van der Waals surface area contributed by atoms with Gasteiger partial charge in [0.2, 0.25) is 0 Å². The molecule has 226 valence electrons. The molecule has 0 aromatic rings. The first-order valence-corrected chi connectivity index (χ1v) is 15.8. The SMILES string of the molecule is CCCC(C)(C)OOC(C)(C)C#C[C@]1(OC(C)=O)CC[C@H]2[C@@H]3CC[C@H]4C[C@@H](OC(C)=O)CC[C@]4(C)[C@H]3CC[C@@]21C. The quantitative estimate of drug-likeness (QED) is 0.139. The molecular formula is C34H54O6. The Morgan fingerprint density at radius 2 is 1.57 bits per heavy atom. The molecule has 40 heavy (non-hydrogen) atoms. The van der Waals surface area contributed by atoms with E-state index in [-0.39, 0.29) is 28.9 Å². The normalized spacial score (nSPS) is 39.2. The van der Waals surface area contributed by atoms with Gasteiger partial charge in [0.05, 0.1) is 5.60 Å². The van der Waals surface area contributed by atoms with Crippen LogP contribution in [0, 0.1) is 46.3 Å². The zero-order valence-corrected chi connectivity index (χ0v) is 26.6. The Bertz CT molecular complexity index is 1020. The summed E-state index contributed by atoms with van der Waals surface area (Å²) in [4.78, 5) is 35.8. The molecule has 0 bridgehead atoms. The minimum absolute atomic E-state index is 0.0708. The van der Waals surface area contributed by atoms with Crippen molar-refractivity contribution in [1.82, 2.24) is 0 Å². The Kier molecular flexibility index (Phi) is 8.82. The van der Waals surface area contributed by atoms with Crippen molar-refractivity contribution in [3.63, 3.8) is 0 Å². The van der Waals surface area contributed by atoms with Crippen LogP contribution in [0.3, 0.4) is 0 Å². The van der Waals surface area contributed by atoms with E-state index >= 15 is 0 Å². The maximum Gasteiger partial charge on any atom is 0.304 e. The molecule has 0 radical (unpaired) electrons. The number of rotatable bonds is 7. The molecule has 4 aliphatic rings. The Labute approximate surface area is 242 Å². The highest BCUT2D eigenvalue weighted by atomic mass is 17.2. The number of esters is 2. The van der Waals surface area contributed by atoms with E-state index in [4.69, 9.17) is 19.2 Å². The summed E-state index contributed by atoms with van der Waals surface area (Å²) >= 11 is 0. The molecule has 6 heteroatoms. The van der Waals surface area contributed by atoms with Crippen LogP contribution in [0.25, 0.3) is 0 Å². The third-order valence-corrected chi connectivity index (χ3v) is 11.3. The molecule has 0 aromatic heterocycles. The minimum Gasteiger partial charge on any atom is -0.463 e. The smallest absolute Gasteiger partial charge is 0.304 e. The Balaban J connectivity index is 1.56. The summed E-state index contributed by atoms with van der Waals surface area (Å²) in [6, 6.07) is 0. The summed E-state index contributed by atoms with van der Waals surface area (Å²) < 4.78 is 11.9. The average molecular weight is 559 g/mol. The van der Waals surface area contributed by atoms with Crippen LogP contribution < -0.4 is 0 Å². The van der Waals surface area contributed by atoms with Crippen molar-refractivity contribution in [3.05, 3.63) is 0 Å². The van der Waals surface area contributed by atoms with Gasteiger partial charge in [-0.2, -0.15) is 0 Å². The van der Waals surface area contributed by atoms with E-state index in [1.165, 1.54) is 26.7 Å². The van der Waals surface area contributed by atoms with E-state index in [0.29, 0.717) is 23.7 Å². The number of hydrogen-bond donors (Lipinski definition) is 0. The van der Waals surface area contributed by atoms with Crippen molar-refractivity contribution < 1.29 is 28.8 Å². The van der Waals surface area contributed by atoms with Gasteiger partial charge in [0.15, 0.2) is 11.2 Å². The molecule has 0 heterocycles. The van der Waals surface area contributed by atoms with E-state index < -0.39 is 16.8 Å². The van der Waals surface area contributed by atoms with Gasteiger partial charge >= 0.3 is 11.9 Å². The predicted molar refractivity (Wildman–Crippen MR) is 155 cm³/mol. The third kappa shape index (κ3) is 5.98. The summed E-state index contributed by atoms with van der Waals surface area (Å²) in [5, 5.41) is 0. The summed E-state index contributed by atoms with van der Waals surface area (Å²) in [6.07, 6.45) is 11.3. The Morgan fingerprint density at radius 1 is 0.875 bits per heavy atom.